The van der Waals surface area contributed by atoms with Gasteiger partial charge in [-0.05, 0) is 29.3 Å². The van der Waals surface area contributed by atoms with E-state index in [1.54, 1.807) is 0 Å². The molecule has 2 aromatic heterocycles. The highest BCUT2D eigenvalue weighted by atomic mass is 79.9. The number of rotatable bonds is 2. The third-order valence-electron chi connectivity index (χ3n) is 3.88. The quantitative estimate of drug-likeness (QED) is 0.717. The van der Waals surface area contributed by atoms with Crippen LogP contribution < -0.4 is 4.90 Å². The predicted octanol–water partition coefficient (Wildman–Crippen LogP) is 2.97. The van der Waals surface area contributed by atoms with Crippen molar-refractivity contribution < 1.29 is 0 Å². The molecule has 21 heavy (non-hydrogen) atoms. The summed E-state index contributed by atoms with van der Waals surface area (Å²) in [6.45, 7) is 3.82. The molecule has 0 unspecified atom stereocenters. The topological polar surface area (TPSA) is 46.3 Å². The maximum absolute atomic E-state index is 4.70. The van der Waals surface area contributed by atoms with Crippen molar-refractivity contribution in [2.24, 2.45) is 0 Å². The average Bonchev–Trinajstić information content (AvgIpc) is 3.10. The zero-order valence-corrected chi connectivity index (χ0v) is 13.2. The van der Waals surface area contributed by atoms with Crippen molar-refractivity contribution in [3.8, 4) is 0 Å². The summed E-state index contributed by atoms with van der Waals surface area (Å²) in [5, 5.41) is 13.0. The van der Waals surface area contributed by atoms with Crippen molar-refractivity contribution in [3.05, 3.63) is 51.8 Å². The van der Waals surface area contributed by atoms with Crippen LogP contribution in [0.25, 0.3) is 5.65 Å². The van der Waals surface area contributed by atoms with Crippen molar-refractivity contribution in [2.45, 2.75) is 26.4 Å². The van der Waals surface area contributed by atoms with E-state index in [1.807, 2.05) is 16.6 Å². The van der Waals surface area contributed by atoms with Crippen LogP contribution in [0.1, 0.15) is 23.9 Å². The van der Waals surface area contributed by atoms with E-state index in [0.717, 1.165) is 36.8 Å². The highest BCUT2D eigenvalue weighted by Crippen LogP contribution is 2.31. The second-order valence-corrected chi connectivity index (χ2v) is 6.02. The Hall–Kier alpha value is -1.95. The average molecular weight is 344 g/mol. The SMILES string of the molecule is CCc1nnc2ccc(N3Cc4cccc(Br)c4C3)nn12. The largest absolute Gasteiger partial charge is 0.346 e. The summed E-state index contributed by atoms with van der Waals surface area (Å²) in [6, 6.07) is 10.3. The van der Waals surface area contributed by atoms with Crippen LogP contribution in [-0.4, -0.2) is 19.8 Å². The van der Waals surface area contributed by atoms with Crippen molar-refractivity contribution in [1.82, 2.24) is 19.8 Å². The Balaban J connectivity index is 1.74. The first-order chi connectivity index (χ1) is 10.3. The van der Waals surface area contributed by atoms with Crippen LogP contribution in [0.3, 0.4) is 0 Å². The first-order valence-electron chi connectivity index (χ1n) is 6.99. The predicted molar refractivity (Wildman–Crippen MR) is 84.2 cm³/mol. The minimum absolute atomic E-state index is 0.800. The zero-order chi connectivity index (χ0) is 14.4. The molecule has 0 radical (unpaired) electrons. The Labute approximate surface area is 130 Å². The Morgan fingerprint density at radius 1 is 1.14 bits per heavy atom. The third-order valence-corrected chi connectivity index (χ3v) is 4.62. The van der Waals surface area contributed by atoms with Crippen LogP contribution >= 0.6 is 15.9 Å². The maximum atomic E-state index is 4.70. The van der Waals surface area contributed by atoms with Gasteiger partial charge in [-0.1, -0.05) is 35.0 Å². The molecule has 0 spiro atoms. The van der Waals surface area contributed by atoms with Gasteiger partial charge >= 0.3 is 0 Å². The van der Waals surface area contributed by atoms with Crippen LogP contribution in [0, 0.1) is 0 Å². The van der Waals surface area contributed by atoms with Gasteiger partial charge in [0.2, 0.25) is 0 Å². The summed E-state index contributed by atoms with van der Waals surface area (Å²) in [5.74, 6) is 1.85. The normalized spacial score (nSPS) is 13.9. The van der Waals surface area contributed by atoms with Gasteiger partial charge in [-0.2, -0.15) is 4.52 Å². The van der Waals surface area contributed by atoms with Gasteiger partial charge in [-0.25, -0.2) is 0 Å². The number of benzene rings is 1. The number of anilines is 1. The third kappa shape index (κ3) is 2.01. The molecule has 0 bridgehead atoms. The Kier molecular flexibility index (Phi) is 2.92. The van der Waals surface area contributed by atoms with Gasteiger partial charge in [0.25, 0.3) is 0 Å². The van der Waals surface area contributed by atoms with E-state index < -0.39 is 0 Å². The van der Waals surface area contributed by atoms with Gasteiger partial charge in [0.05, 0.1) is 0 Å². The fraction of sp³-hybridized carbons (Fsp3) is 0.267. The molecular weight excluding hydrogens is 330 g/mol. The molecule has 1 aliphatic heterocycles. The maximum Gasteiger partial charge on any atom is 0.178 e. The lowest BCUT2D eigenvalue weighted by atomic mass is 10.1. The van der Waals surface area contributed by atoms with E-state index in [2.05, 4.69) is 56.2 Å². The summed E-state index contributed by atoms with van der Waals surface area (Å²) >= 11 is 3.63. The lowest BCUT2D eigenvalue weighted by Crippen LogP contribution is -2.17. The van der Waals surface area contributed by atoms with Crippen LogP contribution in [0.2, 0.25) is 0 Å². The van der Waals surface area contributed by atoms with E-state index in [0.29, 0.717) is 0 Å². The smallest absolute Gasteiger partial charge is 0.178 e. The molecule has 6 heteroatoms. The van der Waals surface area contributed by atoms with Crippen molar-refractivity contribution >= 4 is 27.4 Å². The number of aryl methyl sites for hydroxylation is 1. The van der Waals surface area contributed by atoms with E-state index >= 15 is 0 Å². The van der Waals surface area contributed by atoms with E-state index in [-0.39, 0.29) is 0 Å². The first kappa shape index (κ1) is 12.8. The van der Waals surface area contributed by atoms with Crippen molar-refractivity contribution in [3.63, 3.8) is 0 Å². The second-order valence-electron chi connectivity index (χ2n) is 5.16. The van der Waals surface area contributed by atoms with Crippen molar-refractivity contribution in [2.75, 3.05) is 4.90 Å². The van der Waals surface area contributed by atoms with Gasteiger partial charge < -0.3 is 4.90 Å². The molecule has 1 aromatic carbocycles. The first-order valence-corrected chi connectivity index (χ1v) is 7.78. The molecular formula is C15H14BrN5. The van der Waals surface area contributed by atoms with Gasteiger partial charge in [-0.3, -0.25) is 0 Å². The fourth-order valence-electron chi connectivity index (χ4n) is 2.76. The molecule has 3 heterocycles. The van der Waals surface area contributed by atoms with Gasteiger partial charge in [0.15, 0.2) is 11.5 Å². The van der Waals surface area contributed by atoms with Crippen molar-refractivity contribution in [1.29, 1.82) is 0 Å². The number of halogens is 1. The summed E-state index contributed by atoms with van der Waals surface area (Å²) < 4.78 is 3.01. The summed E-state index contributed by atoms with van der Waals surface area (Å²) in [7, 11) is 0. The molecule has 1 aliphatic rings. The molecule has 0 amide bonds. The Bertz CT molecular complexity index is 826. The minimum Gasteiger partial charge on any atom is -0.346 e. The highest BCUT2D eigenvalue weighted by molar-refractivity contribution is 9.10. The molecule has 3 aromatic rings. The number of fused-ring (bicyclic) bond motifs is 2. The lowest BCUT2D eigenvalue weighted by molar-refractivity contribution is 0.778. The van der Waals surface area contributed by atoms with Crippen LogP contribution in [0.4, 0.5) is 5.82 Å². The Morgan fingerprint density at radius 2 is 2.05 bits per heavy atom. The molecule has 4 rings (SSSR count). The molecule has 0 fully saturated rings. The summed E-state index contributed by atoms with van der Waals surface area (Å²) in [5.41, 5.74) is 3.50. The number of hydrogen-bond acceptors (Lipinski definition) is 4. The number of nitrogens with zero attached hydrogens (tertiary/aromatic N) is 5. The molecule has 5 nitrogen and oxygen atoms in total. The molecule has 0 atom stereocenters. The van der Waals surface area contributed by atoms with E-state index in [1.165, 1.54) is 15.6 Å². The van der Waals surface area contributed by atoms with Crippen LogP contribution in [0.15, 0.2) is 34.8 Å². The zero-order valence-electron chi connectivity index (χ0n) is 11.6. The van der Waals surface area contributed by atoms with Crippen LogP contribution in [-0.2, 0) is 19.5 Å². The van der Waals surface area contributed by atoms with Crippen LogP contribution in [0.5, 0.6) is 0 Å². The summed E-state index contributed by atoms with van der Waals surface area (Å²) in [4.78, 5) is 2.27. The molecule has 0 saturated carbocycles. The second kappa shape index (κ2) is 4.80. The van der Waals surface area contributed by atoms with Gasteiger partial charge in [-0.15, -0.1) is 15.3 Å². The fourth-order valence-corrected chi connectivity index (χ4v) is 3.29. The highest BCUT2D eigenvalue weighted by Gasteiger charge is 2.22. The van der Waals surface area contributed by atoms with Gasteiger partial charge in [0.1, 0.15) is 5.82 Å². The van der Waals surface area contributed by atoms with E-state index in [4.69, 9.17) is 5.10 Å². The summed E-state index contributed by atoms with van der Waals surface area (Å²) in [6.07, 6.45) is 0.823. The molecule has 106 valence electrons. The van der Waals surface area contributed by atoms with E-state index in [9.17, 15) is 0 Å². The standard InChI is InChI=1S/C15H14BrN5/c1-2-13-17-18-14-6-7-15(19-21(13)14)20-8-10-4-3-5-12(16)11(10)9-20/h3-7H,2,8-9H2,1H3. The molecule has 0 aliphatic carbocycles. The Morgan fingerprint density at radius 3 is 2.86 bits per heavy atom. The number of hydrogen-bond donors (Lipinski definition) is 0. The molecule has 0 N–H and O–H groups in total. The number of aromatic nitrogens is 4. The monoisotopic (exact) mass is 343 g/mol. The van der Waals surface area contributed by atoms with Gasteiger partial charge in [0, 0.05) is 24.0 Å². The minimum atomic E-state index is 0.800. The lowest BCUT2D eigenvalue weighted by Gasteiger charge is -2.16. The molecule has 0 saturated heterocycles.